The molecule has 1 amide bonds. The summed E-state index contributed by atoms with van der Waals surface area (Å²) in [4.78, 5) is 16.8. The van der Waals surface area contributed by atoms with Crippen LogP contribution in [0.3, 0.4) is 0 Å². The molecule has 1 aromatic carbocycles. The summed E-state index contributed by atoms with van der Waals surface area (Å²) in [6, 6.07) is 8.38. The monoisotopic (exact) mass is 346 g/mol. The van der Waals surface area contributed by atoms with Crippen molar-refractivity contribution in [1.29, 1.82) is 0 Å². The third-order valence-electron chi connectivity index (χ3n) is 5.71. The molecule has 1 heterocycles. The van der Waals surface area contributed by atoms with Crippen LogP contribution in [0.25, 0.3) is 0 Å². The molecule has 1 aliphatic heterocycles. The van der Waals surface area contributed by atoms with Crippen LogP contribution in [0.15, 0.2) is 24.3 Å². The number of rotatable bonds is 5. The number of likely N-dealkylation sites (tertiary alicyclic amines) is 1. The number of aliphatic hydroxyl groups excluding tert-OH is 1. The first-order valence-corrected chi connectivity index (χ1v) is 9.40. The molecule has 2 atom stereocenters. The Balaban J connectivity index is 1.67. The molecule has 2 fully saturated rings. The zero-order valence-electron chi connectivity index (χ0n) is 15.4. The molecular formula is C20H30N2O3. The second-order valence-electron chi connectivity index (χ2n) is 7.41. The summed E-state index contributed by atoms with van der Waals surface area (Å²) in [5.74, 6) is 0.971. The van der Waals surface area contributed by atoms with E-state index in [4.69, 9.17) is 4.74 Å². The van der Waals surface area contributed by atoms with E-state index >= 15 is 0 Å². The van der Waals surface area contributed by atoms with Gasteiger partial charge in [-0.2, -0.15) is 0 Å². The van der Waals surface area contributed by atoms with Gasteiger partial charge in [-0.25, -0.2) is 0 Å². The SMILES string of the molecule is COc1cccc([C@@H]2C[C@@H](O)CN2CC(=O)N(C)C2CCCCC2)c1. The molecule has 0 bridgehead atoms. The predicted octanol–water partition coefficient (Wildman–Crippen LogP) is 2.59. The molecule has 1 N–H and O–H groups in total. The maximum absolute atomic E-state index is 12.8. The smallest absolute Gasteiger partial charge is 0.236 e. The van der Waals surface area contributed by atoms with Gasteiger partial charge in [-0.1, -0.05) is 31.4 Å². The molecule has 0 spiro atoms. The molecule has 0 aromatic heterocycles. The van der Waals surface area contributed by atoms with E-state index in [1.807, 2.05) is 36.2 Å². The molecule has 0 unspecified atom stereocenters. The number of β-amino-alcohol motifs (C(OH)–C–C–N with tert-alkyl or cyclic N) is 1. The first kappa shape index (κ1) is 18.2. The Bertz CT molecular complexity index is 586. The second kappa shape index (κ2) is 8.19. The van der Waals surface area contributed by atoms with Crippen molar-refractivity contribution in [2.24, 2.45) is 0 Å². The van der Waals surface area contributed by atoms with Gasteiger partial charge in [0.05, 0.1) is 19.8 Å². The van der Waals surface area contributed by atoms with Crippen molar-refractivity contribution in [2.75, 3.05) is 27.2 Å². The normalized spacial score (nSPS) is 25.1. The summed E-state index contributed by atoms with van der Waals surface area (Å²) in [5, 5.41) is 10.2. The van der Waals surface area contributed by atoms with Gasteiger partial charge < -0.3 is 14.7 Å². The van der Waals surface area contributed by atoms with Crippen molar-refractivity contribution in [3.05, 3.63) is 29.8 Å². The minimum absolute atomic E-state index is 0.0637. The summed E-state index contributed by atoms with van der Waals surface area (Å²) < 4.78 is 5.32. The van der Waals surface area contributed by atoms with Crippen LogP contribution in [0.2, 0.25) is 0 Å². The van der Waals surface area contributed by atoms with E-state index in [0.29, 0.717) is 25.6 Å². The van der Waals surface area contributed by atoms with Gasteiger partial charge in [0.25, 0.3) is 0 Å². The fourth-order valence-corrected chi connectivity index (χ4v) is 4.21. The highest BCUT2D eigenvalue weighted by Crippen LogP contribution is 2.33. The molecule has 0 radical (unpaired) electrons. The summed E-state index contributed by atoms with van der Waals surface area (Å²) >= 11 is 0. The van der Waals surface area contributed by atoms with Crippen LogP contribution in [0.5, 0.6) is 5.75 Å². The Morgan fingerprint density at radius 3 is 2.80 bits per heavy atom. The lowest BCUT2D eigenvalue weighted by Crippen LogP contribution is -2.44. The number of aliphatic hydroxyl groups is 1. The maximum atomic E-state index is 12.8. The molecule has 2 aliphatic rings. The number of amides is 1. The molecule has 5 heteroatoms. The zero-order chi connectivity index (χ0) is 17.8. The number of benzene rings is 1. The lowest BCUT2D eigenvalue weighted by atomic mass is 9.94. The van der Waals surface area contributed by atoms with Crippen molar-refractivity contribution < 1.29 is 14.6 Å². The molecule has 138 valence electrons. The Labute approximate surface area is 150 Å². The number of hydrogen-bond acceptors (Lipinski definition) is 4. The van der Waals surface area contributed by atoms with Crippen LogP contribution < -0.4 is 4.74 Å². The average molecular weight is 346 g/mol. The molecule has 1 aliphatic carbocycles. The largest absolute Gasteiger partial charge is 0.497 e. The van der Waals surface area contributed by atoms with Crippen LogP contribution in [0.1, 0.15) is 50.1 Å². The van der Waals surface area contributed by atoms with Gasteiger partial charge in [-0.3, -0.25) is 9.69 Å². The van der Waals surface area contributed by atoms with E-state index in [1.54, 1.807) is 7.11 Å². The van der Waals surface area contributed by atoms with Crippen molar-refractivity contribution in [2.45, 2.75) is 56.7 Å². The number of nitrogens with zero attached hydrogens (tertiary/aromatic N) is 2. The van der Waals surface area contributed by atoms with Crippen molar-refractivity contribution in [1.82, 2.24) is 9.80 Å². The summed E-state index contributed by atoms with van der Waals surface area (Å²) in [5.41, 5.74) is 1.10. The number of methoxy groups -OCH3 is 1. The topological polar surface area (TPSA) is 53.0 Å². The Morgan fingerprint density at radius 1 is 1.32 bits per heavy atom. The van der Waals surface area contributed by atoms with Gasteiger partial charge in [0, 0.05) is 25.7 Å². The summed E-state index contributed by atoms with van der Waals surface area (Å²) in [6.45, 7) is 0.915. The predicted molar refractivity (Wildman–Crippen MR) is 97.6 cm³/mol. The van der Waals surface area contributed by atoms with Gasteiger partial charge >= 0.3 is 0 Å². The van der Waals surface area contributed by atoms with E-state index < -0.39 is 0 Å². The van der Waals surface area contributed by atoms with Gasteiger partial charge in [0.15, 0.2) is 0 Å². The number of hydrogen-bond donors (Lipinski definition) is 1. The zero-order valence-corrected chi connectivity index (χ0v) is 15.4. The third kappa shape index (κ3) is 4.33. The van der Waals surface area contributed by atoms with Crippen molar-refractivity contribution in [3.8, 4) is 5.75 Å². The van der Waals surface area contributed by atoms with Gasteiger partial charge in [-0.15, -0.1) is 0 Å². The maximum Gasteiger partial charge on any atom is 0.236 e. The van der Waals surface area contributed by atoms with Crippen LogP contribution in [-0.4, -0.2) is 60.2 Å². The summed E-state index contributed by atoms with van der Waals surface area (Å²) in [6.07, 6.45) is 6.23. The minimum atomic E-state index is -0.385. The second-order valence-corrected chi connectivity index (χ2v) is 7.41. The molecule has 1 saturated heterocycles. The van der Waals surface area contributed by atoms with Crippen LogP contribution >= 0.6 is 0 Å². The quantitative estimate of drug-likeness (QED) is 0.890. The fourth-order valence-electron chi connectivity index (χ4n) is 4.21. The van der Waals surface area contributed by atoms with E-state index in [2.05, 4.69) is 4.90 Å². The molecule has 1 saturated carbocycles. The number of carbonyl (C=O) groups is 1. The average Bonchev–Trinajstić information content (AvgIpc) is 3.02. The number of carbonyl (C=O) groups excluding carboxylic acids is 1. The third-order valence-corrected chi connectivity index (χ3v) is 5.71. The lowest BCUT2D eigenvalue weighted by molar-refractivity contribution is -0.134. The van der Waals surface area contributed by atoms with Crippen LogP contribution in [-0.2, 0) is 4.79 Å². The van der Waals surface area contributed by atoms with Gasteiger partial charge in [-0.05, 0) is 37.0 Å². The highest BCUT2D eigenvalue weighted by molar-refractivity contribution is 5.78. The van der Waals surface area contributed by atoms with E-state index in [0.717, 1.165) is 24.2 Å². The highest BCUT2D eigenvalue weighted by atomic mass is 16.5. The first-order valence-electron chi connectivity index (χ1n) is 9.40. The molecule has 1 aromatic rings. The lowest BCUT2D eigenvalue weighted by Gasteiger charge is -2.33. The number of ether oxygens (including phenoxy) is 1. The molecule has 3 rings (SSSR count). The Hall–Kier alpha value is -1.59. The number of likely N-dealkylation sites (N-methyl/N-ethyl adjacent to an activating group) is 1. The van der Waals surface area contributed by atoms with Crippen molar-refractivity contribution in [3.63, 3.8) is 0 Å². The minimum Gasteiger partial charge on any atom is -0.497 e. The molecule has 25 heavy (non-hydrogen) atoms. The summed E-state index contributed by atoms with van der Waals surface area (Å²) in [7, 11) is 3.59. The van der Waals surface area contributed by atoms with Gasteiger partial charge in [0.2, 0.25) is 5.91 Å². The Kier molecular flexibility index (Phi) is 5.97. The van der Waals surface area contributed by atoms with Crippen LogP contribution in [0.4, 0.5) is 0 Å². The first-order chi connectivity index (χ1) is 12.1. The Morgan fingerprint density at radius 2 is 2.08 bits per heavy atom. The van der Waals surface area contributed by atoms with Crippen molar-refractivity contribution >= 4 is 5.91 Å². The van der Waals surface area contributed by atoms with Crippen LogP contribution in [0, 0.1) is 0 Å². The van der Waals surface area contributed by atoms with E-state index in [1.165, 1.54) is 19.3 Å². The van der Waals surface area contributed by atoms with E-state index in [-0.39, 0.29) is 18.1 Å². The standard InChI is InChI=1S/C20H30N2O3/c1-21(16-8-4-3-5-9-16)20(24)14-22-13-17(23)12-19(22)15-7-6-10-18(11-15)25-2/h6-7,10-11,16-17,19,23H,3-5,8-9,12-14H2,1-2H3/t17-,19+/m1/s1. The highest BCUT2D eigenvalue weighted by Gasteiger charge is 2.34. The molecular weight excluding hydrogens is 316 g/mol. The molecule has 5 nitrogen and oxygen atoms in total. The van der Waals surface area contributed by atoms with Gasteiger partial charge in [0.1, 0.15) is 5.75 Å². The fraction of sp³-hybridized carbons (Fsp3) is 0.650. The van der Waals surface area contributed by atoms with E-state index in [9.17, 15) is 9.90 Å².